The van der Waals surface area contributed by atoms with Crippen LogP contribution in [0.2, 0.25) is 0 Å². The summed E-state index contributed by atoms with van der Waals surface area (Å²) in [6.07, 6.45) is 1.92. The van der Waals surface area contributed by atoms with E-state index in [1.807, 2.05) is 6.20 Å². The van der Waals surface area contributed by atoms with Gasteiger partial charge in [0.1, 0.15) is 4.83 Å². The normalized spacial score (nSPS) is 11.5. The molecule has 2 aromatic heterocycles. The second-order valence-corrected chi connectivity index (χ2v) is 3.76. The highest BCUT2D eigenvalue weighted by Crippen LogP contribution is 2.22. The first-order chi connectivity index (χ1) is 5.29. The maximum Gasteiger partial charge on any atom is 0.121 e. The molecular formula is C8H10N2S. The van der Waals surface area contributed by atoms with Crippen molar-refractivity contribution in [2.45, 2.75) is 19.9 Å². The maximum atomic E-state index is 4.28. The highest BCUT2D eigenvalue weighted by atomic mass is 32.1. The molecule has 0 bridgehead atoms. The largest absolute Gasteiger partial charge is 0.252 e. The SMILES string of the molecule is CC(C)n1ncc2ccsc21. The van der Waals surface area contributed by atoms with Crippen LogP contribution < -0.4 is 0 Å². The second kappa shape index (κ2) is 2.34. The van der Waals surface area contributed by atoms with E-state index in [4.69, 9.17) is 0 Å². The Labute approximate surface area is 69.5 Å². The molecule has 0 amide bonds. The molecule has 0 radical (unpaired) electrons. The van der Waals surface area contributed by atoms with Crippen molar-refractivity contribution in [3.8, 4) is 0 Å². The van der Waals surface area contributed by atoms with Gasteiger partial charge in [-0.2, -0.15) is 5.10 Å². The maximum absolute atomic E-state index is 4.28. The van der Waals surface area contributed by atoms with Crippen LogP contribution >= 0.6 is 11.3 Å². The summed E-state index contributed by atoms with van der Waals surface area (Å²) in [6.45, 7) is 4.29. The number of aromatic nitrogens is 2. The molecular weight excluding hydrogens is 156 g/mol. The lowest BCUT2D eigenvalue weighted by molar-refractivity contribution is 0.553. The van der Waals surface area contributed by atoms with Gasteiger partial charge in [-0.3, -0.25) is 4.68 Å². The van der Waals surface area contributed by atoms with Gasteiger partial charge >= 0.3 is 0 Å². The molecule has 0 aliphatic heterocycles. The molecule has 0 N–H and O–H groups in total. The summed E-state index contributed by atoms with van der Waals surface area (Å²) in [7, 11) is 0. The van der Waals surface area contributed by atoms with Crippen LogP contribution in [-0.2, 0) is 0 Å². The summed E-state index contributed by atoms with van der Waals surface area (Å²) in [5, 5.41) is 7.64. The Balaban J connectivity index is 2.68. The molecule has 0 aliphatic carbocycles. The van der Waals surface area contributed by atoms with E-state index in [2.05, 4.69) is 35.1 Å². The molecule has 2 nitrogen and oxygen atoms in total. The zero-order chi connectivity index (χ0) is 7.84. The topological polar surface area (TPSA) is 17.8 Å². The van der Waals surface area contributed by atoms with E-state index in [9.17, 15) is 0 Å². The zero-order valence-electron chi connectivity index (χ0n) is 6.61. The Bertz CT molecular complexity index is 359. The van der Waals surface area contributed by atoms with Crippen molar-refractivity contribution < 1.29 is 0 Å². The molecule has 0 spiro atoms. The fourth-order valence-corrected chi connectivity index (χ4v) is 2.11. The molecule has 0 atom stereocenters. The first-order valence-electron chi connectivity index (χ1n) is 3.70. The second-order valence-electron chi connectivity index (χ2n) is 2.86. The third kappa shape index (κ3) is 0.959. The number of hydrogen-bond acceptors (Lipinski definition) is 2. The Morgan fingerprint density at radius 2 is 2.36 bits per heavy atom. The van der Waals surface area contributed by atoms with Gasteiger partial charge in [0, 0.05) is 11.4 Å². The first-order valence-corrected chi connectivity index (χ1v) is 4.57. The number of nitrogens with zero attached hydrogens (tertiary/aromatic N) is 2. The van der Waals surface area contributed by atoms with Crippen molar-refractivity contribution in [1.29, 1.82) is 0 Å². The van der Waals surface area contributed by atoms with Gasteiger partial charge in [-0.1, -0.05) is 0 Å². The third-order valence-electron chi connectivity index (χ3n) is 1.69. The highest BCUT2D eigenvalue weighted by molar-refractivity contribution is 7.16. The summed E-state index contributed by atoms with van der Waals surface area (Å²) >= 11 is 1.75. The van der Waals surface area contributed by atoms with E-state index >= 15 is 0 Å². The first kappa shape index (κ1) is 6.85. The van der Waals surface area contributed by atoms with Crippen LogP contribution in [0.15, 0.2) is 17.6 Å². The molecule has 0 aromatic carbocycles. The van der Waals surface area contributed by atoms with E-state index in [0.29, 0.717) is 6.04 Å². The number of hydrogen-bond donors (Lipinski definition) is 0. The van der Waals surface area contributed by atoms with Crippen LogP contribution in [0.3, 0.4) is 0 Å². The van der Waals surface area contributed by atoms with Crippen molar-refractivity contribution in [3.63, 3.8) is 0 Å². The summed E-state index contributed by atoms with van der Waals surface area (Å²) in [4.78, 5) is 1.28. The molecule has 0 fully saturated rings. The van der Waals surface area contributed by atoms with Gasteiger partial charge in [0.2, 0.25) is 0 Å². The van der Waals surface area contributed by atoms with E-state index in [1.54, 1.807) is 11.3 Å². The van der Waals surface area contributed by atoms with Gasteiger partial charge in [-0.15, -0.1) is 11.3 Å². The molecule has 0 aliphatic rings. The van der Waals surface area contributed by atoms with Crippen LogP contribution in [0, 0.1) is 0 Å². The molecule has 3 heteroatoms. The van der Waals surface area contributed by atoms with Crippen molar-refractivity contribution >= 4 is 21.6 Å². The van der Waals surface area contributed by atoms with Crippen LogP contribution in [-0.4, -0.2) is 9.78 Å². The number of rotatable bonds is 1. The van der Waals surface area contributed by atoms with E-state index in [0.717, 1.165) is 0 Å². The van der Waals surface area contributed by atoms with Crippen molar-refractivity contribution in [2.75, 3.05) is 0 Å². The van der Waals surface area contributed by atoms with Gasteiger partial charge in [-0.05, 0) is 25.3 Å². The summed E-state index contributed by atoms with van der Waals surface area (Å²) in [5.41, 5.74) is 0. The fourth-order valence-electron chi connectivity index (χ4n) is 1.14. The fraction of sp³-hybridized carbons (Fsp3) is 0.375. The lowest BCUT2D eigenvalue weighted by Crippen LogP contribution is -2.00. The third-order valence-corrected chi connectivity index (χ3v) is 2.61. The van der Waals surface area contributed by atoms with Crippen LogP contribution in [0.4, 0.5) is 0 Å². The minimum absolute atomic E-state index is 0.464. The van der Waals surface area contributed by atoms with Gasteiger partial charge in [0.05, 0.1) is 6.20 Å². The summed E-state index contributed by atoms with van der Waals surface area (Å²) < 4.78 is 2.06. The Morgan fingerprint density at radius 3 is 3.09 bits per heavy atom. The summed E-state index contributed by atoms with van der Waals surface area (Å²) in [6, 6.07) is 2.57. The van der Waals surface area contributed by atoms with E-state index < -0.39 is 0 Å². The molecule has 11 heavy (non-hydrogen) atoms. The predicted octanol–water partition coefficient (Wildman–Crippen LogP) is 2.68. The molecule has 2 heterocycles. The molecule has 0 saturated heterocycles. The van der Waals surface area contributed by atoms with Gasteiger partial charge in [-0.25, -0.2) is 0 Å². The van der Waals surface area contributed by atoms with Crippen molar-refractivity contribution in [2.24, 2.45) is 0 Å². The minimum Gasteiger partial charge on any atom is -0.252 e. The van der Waals surface area contributed by atoms with Gasteiger partial charge < -0.3 is 0 Å². The Kier molecular flexibility index (Phi) is 1.46. The van der Waals surface area contributed by atoms with E-state index in [1.165, 1.54) is 10.2 Å². The summed E-state index contributed by atoms with van der Waals surface area (Å²) in [5.74, 6) is 0. The Morgan fingerprint density at radius 1 is 1.55 bits per heavy atom. The zero-order valence-corrected chi connectivity index (χ0v) is 7.43. The average molecular weight is 166 g/mol. The molecule has 2 aromatic rings. The van der Waals surface area contributed by atoms with Crippen molar-refractivity contribution in [3.05, 3.63) is 17.6 Å². The molecule has 0 unspecified atom stereocenters. The highest BCUT2D eigenvalue weighted by Gasteiger charge is 2.05. The molecule has 2 rings (SSSR count). The van der Waals surface area contributed by atoms with Crippen molar-refractivity contribution in [1.82, 2.24) is 9.78 Å². The lowest BCUT2D eigenvalue weighted by atomic mass is 10.4. The monoisotopic (exact) mass is 166 g/mol. The smallest absolute Gasteiger partial charge is 0.121 e. The molecule has 0 saturated carbocycles. The van der Waals surface area contributed by atoms with E-state index in [-0.39, 0.29) is 0 Å². The Hall–Kier alpha value is -0.830. The quantitative estimate of drug-likeness (QED) is 0.637. The van der Waals surface area contributed by atoms with Crippen LogP contribution in [0.5, 0.6) is 0 Å². The number of thiophene rings is 1. The van der Waals surface area contributed by atoms with Gasteiger partial charge in [0.15, 0.2) is 0 Å². The van der Waals surface area contributed by atoms with Gasteiger partial charge in [0.25, 0.3) is 0 Å². The average Bonchev–Trinajstić information content (AvgIpc) is 2.41. The standard InChI is InChI=1S/C8H10N2S/c1-6(2)10-8-7(5-9-10)3-4-11-8/h3-6H,1-2H3. The van der Waals surface area contributed by atoms with Crippen LogP contribution in [0.25, 0.3) is 10.2 Å². The predicted molar refractivity (Wildman–Crippen MR) is 48.0 cm³/mol. The molecule has 58 valence electrons. The minimum atomic E-state index is 0.464. The van der Waals surface area contributed by atoms with Crippen LogP contribution in [0.1, 0.15) is 19.9 Å². The lowest BCUT2D eigenvalue weighted by Gasteiger charge is -2.03. The number of fused-ring (bicyclic) bond motifs is 1.